The summed E-state index contributed by atoms with van der Waals surface area (Å²) < 4.78 is 29.1. The number of nitrogens with one attached hydrogen (secondary N) is 2. The van der Waals surface area contributed by atoms with E-state index in [9.17, 15) is 23.7 Å². The molecule has 0 aliphatic carbocycles. The molecule has 2 aliphatic heterocycles. The van der Waals surface area contributed by atoms with Crippen molar-refractivity contribution in [3.05, 3.63) is 81.1 Å². The molecule has 0 bridgehead atoms. The van der Waals surface area contributed by atoms with Gasteiger partial charge in [-0.1, -0.05) is 6.07 Å². The van der Waals surface area contributed by atoms with Crippen LogP contribution in [0.4, 0.5) is 8.78 Å². The summed E-state index contributed by atoms with van der Waals surface area (Å²) in [5.74, 6) is -5.25. The number of amidine groups is 1. The molecule has 2 N–H and O–H groups in total. The van der Waals surface area contributed by atoms with Crippen molar-refractivity contribution in [2.24, 2.45) is 13.0 Å². The summed E-state index contributed by atoms with van der Waals surface area (Å²) in [6.45, 7) is 0.817. The fourth-order valence-electron chi connectivity index (χ4n) is 4.16. The monoisotopic (exact) mass is 415 g/mol. The summed E-state index contributed by atoms with van der Waals surface area (Å²) in [6.07, 6.45) is 2.29. The van der Waals surface area contributed by atoms with Gasteiger partial charge in [0.1, 0.15) is 5.84 Å². The summed E-state index contributed by atoms with van der Waals surface area (Å²) in [4.78, 5) is 26.4. The van der Waals surface area contributed by atoms with Crippen LogP contribution >= 0.6 is 0 Å². The molecule has 0 radical (unpaired) electrons. The Balaban J connectivity index is 1.95. The fourth-order valence-corrected chi connectivity index (χ4v) is 4.16. The Morgan fingerprint density at radius 2 is 2.07 bits per heavy atom. The van der Waals surface area contributed by atoms with E-state index in [-0.39, 0.29) is 28.6 Å². The summed E-state index contributed by atoms with van der Waals surface area (Å²) in [5, 5.41) is 23.8. The van der Waals surface area contributed by atoms with Crippen molar-refractivity contribution in [1.29, 1.82) is 5.41 Å². The minimum atomic E-state index is -1.26. The molecule has 0 spiro atoms. The number of carbonyl (C=O) groups excluding carboxylic acids is 1. The number of fused-ring (bicyclic) bond motifs is 1. The molecular weight excluding hydrogens is 396 g/mol. The van der Waals surface area contributed by atoms with E-state index in [1.54, 1.807) is 29.9 Å². The number of allylic oxidation sites excluding steroid dienone is 1. The minimum absolute atomic E-state index is 0.0671. The van der Waals surface area contributed by atoms with Crippen molar-refractivity contribution >= 4 is 11.6 Å². The van der Waals surface area contributed by atoms with E-state index in [1.165, 1.54) is 11.0 Å². The van der Waals surface area contributed by atoms with Gasteiger partial charge in [-0.3, -0.25) is 20.3 Å². The molecule has 2 aromatic rings. The van der Waals surface area contributed by atoms with Crippen LogP contribution in [0.15, 0.2) is 48.0 Å². The lowest BCUT2D eigenvalue weighted by Gasteiger charge is -2.41. The van der Waals surface area contributed by atoms with Crippen LogP contribution in [0, 0.1) is 33.1 Å². The van der Waals surface area contributed by atoms with Gasteiger partial charge in [0.15, 0.2) is 23.2 Å². The number of aromatic nitrogens is 1. The lowest BCUT2D eigenvalue weighted by molar-refractivity contribution is -0.434. The van der Waals surface area contributed by atoms with Crippen LogP contribution in [0.3, 0.4) is 0 Å². The average molecular weight is 415 g/mol. The maximum atomic E-state index is 14.0. The van der Waals surface area contributed by atoms with Crippen LogP contribution in [-0.2, 0) is 7.05 Å². The second-order valence-corrected chi connectivity index (χ2v) is 7.31. The number of halogens is 2. The molecule has 0 saturated carbocycles. The molecule has 1 fully saturated rings. The zero-order valence-electron chi connectivity index (χ0n) is 16.1. The van der Waals surface area contributed by atoms with E-state index >= 15 is 0 Å². The predicted molar refractivity (Wildman–Crippen MR) is 103 cm³/mol. The smallest absolute Gasteiger partial charge is 0.294 e. The highest BCUT2D eigenvalue weighted by Crippen LogP contribution is 2.42. The number of aryl methyl sites for hydroxylation is 1. The number of hydrogen-bond acceptors (Lipinski definition) is 5. The number of ketones is 1. The van der Waals surface area contributed by atoms with Gasteiger partial charge >= 0.3 is 0 Å². The number of rotatable bonds is 4. The maximum absolute atomic E-state index is 14.0. The van der Waals surface area contributed by atoms with Gasteiger partial charge in [0.05, 0.1) is 22.5 Å². The molecule has 2 unspecified atom stereocenters. The fraction of sp³-hybridized carbons (Fsp3) is 0.300. The number of carbonyl (C=O) groups is 1. The Morgan fingerprint density at radius 3 is 2.70 bits per heavy atom. The van der Waals surface area contributed by atoms with E-state index in [4.69, 9.17) is 5.41 Å². The van der Waals surface area contributed by atoms with Gasteiger partial charge in [-0.05, 0) is 36.2 Å². The minimum Gasteiger partial charge on any atom is -0.366 e. The van der Waals surface area contributed by atoms with E-state index in [2.05, 4.69) is 5.32 Å². The SMILES string of the molecule is Cn1cccc1C(=O)C1C(=N)N2CCCNC2=C([N+](=O)[O-])C1c1ccc(F)c(F)c1. The van der Waals surface area contributed by atoms with E-state index in [0.29, 0.717) is 19.5 Å². The topological polar surface area (TPSA) is 104 Å². The number of nitrogens with zero attached hydrogens (tertiary/aromatic N) is 3. The van der Waals surface area contributed by atoms with Crippen molar-refractivity contribution in [2.75, 3.05) is 13.1 Å². The Labute approximate surface area is 170 Å². The second-order valence-electron chi connectivity index (χ2n) is 7.31. The summed E-state index contributed by atoms with van der Waals surface area (Å²) in [5.41, 5.74) is 0.00940. The molecule has 30 heavy (non-hydrogen) atoms. The second kappa shape index (κ2) is 7.36. The van der Waals surface area contributed by atoms with Crippen LogP contribution < -0.4 is 5.32 Å². The molecule has 10 heteroatoms. The third-order valence-corrected chi connectivity index (χ3v) is 5.55. The van der Waals surface area contributed by atoms with Crippen molar-refractivity contribution in [3.8, 4) is 0 Å². The third-order valence-electron chi connectivity index (χ3n) is 5.55. The summed E-state index contributed by atoms with van der Waals surface area (Å²) >= 11 is 0. The van der Waals surface area contributed by atoms with Crippen molar-refractivity contribution in [3.63, 3.8) is 0 Å². The zero-order valence-corrected chi connectivity index (χ0v) is 16.1. The van der Waals surface area contributed by atoms with Gasteiger partial charge in [-0.2, -0.15) is 0 Å². The normalized spacial score (nSPS) is 21.3. The van der Waals surface area contributed by atoms with Crippen LogP contribution in [0.2, 0.25) is 0 Å². The molecule has 1 aromatic heterocycles. The molecule has 0 amide bonds. The molecule has 1 saturated heterocycles. The molecule has 2 atom stereocenters. The van der Waals surface area contributed by atoms with Crippen molar-refractivity contribution in [2.45, 2.75) is 12.3 Å². The average Bonchev–Trinajstić information content (AvgIpc) is 3.15. The number of benzene rings is 1. The van der Waals surface area contributed by atoms with Gasteiger partial charge in [-0.25, -0.2) is 8.78 Å². The molecule has 1 aromatic carbocycles. The molecule has 3 heterocycles. The maximum Gasteiger partial charge on any atom is 0.294 e. The van der Waals surface area contributed by atoms with Gasteiger partial charge in [-0.15, -0.1) is 0 Å². The number of Topliss-reactive ketones (excluding diaryl/α,β-unsaturated/α-hetero) is 1. The lowest BCUT2D eigenvalue weighted by Crippen LogP contribution is -2.54. The largest absolute Gasteiger partial charge is 0.366 e. The Hall–Kier alpha value is -3.56. The van der Waals surface area contributed by atoms with Gasteiger partial charge < -0.3 is 14.8 Å². The van der Waals surface area contributed by atoms with Gasteiger partial charge in [0, 0.05) is 26.3 Å². The van der Waals surface area contributed by atoms with Crippen molar-refractivity contribution < 1.29 is 18.5 Å². The molecule has 156 valence electrons. The third kappa shape index (κ3) is 3.04. The van der Waals surface area contributed by atoms with Crippen LogP contribution in [0.1, 0.15) is 28.4 Å². The Kier molecular flexibility index (Phi) is 4.84. The number of hydrogen-bond donors (Lipinski definition) is 2. The van der Waals surface area contributed by atoms with E-state index in [0.717, 1.165) is 12.1 Å². The van der Waals surface area contributed by atoms with Crippen LogP contribution in [0.25, 0.3) is 0 Å². The lowest BCUT2D eigenvalue weighted by atomic mass is 9.76. The Bertz CT molecular complexity index is 1090. The molecule has 2 aliphatic rings. The highest BCUT2D eigenvalue weighted by molar-refractivity contribution is 6.12. The number of nitro groups is 1. The summed E-state index contributed by atoms with van der Waals surface area (Å²) in [7, 11) is 1.66. The predicted octanol–water partition coefficient (Wildman–Crippen LogP) is 2.62. The van der Waals surface area contributed by atoms with Gasteiger partial charge in [0.2, 0.25) is 0 Å². The standard InChI is InChI=1S/C20H19F2N5O3/c1-25-8-2-4-14(25)18(28)16-15(11-5-6-12(21)13(22)10-11)17(27(29)30)20-24-7-3-9-26(20)19(16)23/h2,4-6,8,10,15-16,23-24H,3,7,9H2,1H3. The highest BCUT2D eigenvalue weighted by Gasteiger charge is 2.51. The first-order chi connectivity index (χ1) is 14.3. The first-order valence-corrected chi connectivity index (χ1v) is 9.40. The highest BCUT2D eigenvalue weighted by atomic mass is 19.2. The van der Waals surface area contributed by atoms with Gasteiger partial charge in [0.25, 0.3) is 5.70 Å². The summed E-state index contributed by atoms with van der Waals surface area (Å²) in [6, 6.07) is 6.19. The van der Waals surface area contributed by atoms with E-state index < -0.39 is 34.2 Å². The van der Waals surface area contributed by atoms with E-state index in [1.807, 2.05) is 0 Å². The Morgan fingerprint density at radius 1 is 1.30 bits per heavy atom. The molecule has 4 rings (SSSR count). The van der Waals surface area contributed by atoms with Crippen LogP contribution in [0.5, 0.6) is 0 Å². The van der Waals surface area contributed by atoms with Crippen LogP contribution in [-0.4, -0.2) is 39.1 Å². The quantitative estimate of drug-likeness (QED) is 0.454. The first kappa shape index (κ1) is 19.7. The zero-order chi connectivity index (χ0) is 21.6. The van der Waals surface area contributed by atoms with Crippen molar-refractivity contribution in [1.82, 2.24) is 14.8 Å². The first-order valence-electron chi connectivity index (χ1n) is 9.40. The molecule has 8 nitrogen and oxygen atoms in total. The molecular formula is C20H19F2N5O3.